The standard InChI is InChI=1S/C10H19NO2/c1-3-13-10(12)9-5-4-8(11)6-7(9)2/h7-9H,3-6,11H2,1-2H3/t7-,8?,9?/m1/s1. The highest BCUT2D eigenvalue weighted by molar-refractivity contribution is 5.72. The molecule has 13 heavy (non-hydrogen) atoms. The minimum atomic E-state index is -0.0399. The maximum absolute atomic E-state index is 11.5. The van der Waals surface area contributed by atoms with Gasteiger partial charge in [0, 0.05) is 6.04 Å². The van der Waals surface area contributed by atoms with Gasteiger partial charge < -0.3 is 10.5 Å². The van der Waals surface area contributed by atoms with Crippen LogP contribution in [0.3, 0.4) is 0 Å². The van der Waals surface area contributed by atoms with Crippen LogP contribution in [0.2, 0.25) is 0 Å². The van der Waals surface area contributed by atoms with E-state index in [1.807, 2.05) is 6.92 Å². The second-order valence-electron chi connectivity index (χ2n) is 3.91. The minimum absolute atomic E-state index is 0.0399. The van der Waals surface area contributed by atoms with E-state index in [1.165, 1.54) is 0 Å². The van der Waals surface area contributed by atoms with Crippen molar-refractivity contribution in [2.75, 3.05) is 6.61 Å². The van der Waals surface area contributed by atoms with E-state index in [2.05, 4.69) is 6.92 Å². The molecular formula is C10H19NO2. The first-order valence-electron chi connectivity index (χ1n) is 5.07. The Morgan fingerprint density at radius 3 is 2.77 bits per heavy atom. The zero-order valence-electron chi connectivity index (χ0n) is 8.45. The highest BCUT2D eigenvalue weighted by Crippen LogP contribution is 2.29. The third-order valence-electron chi connectivity index (χ3n) is 2.80. The van der Waals surface area contributed by atoms with Crippen molar-refractivity contribution in [1.29, 1.82) is 0 Å². The summed E-state index contributed by atoms with van der Waals surface area (Å²) < 4.78 is 5.01. The molecule has 0 aromatic carbocycles. The molecule has 0 aliphatic heterocycles. The highest BCUT2D eigenvalue weighted by Gasteiger charge is 2.31. The van der Waals surface area contributed by atoms with Crippen LogP contribution in [-0.2, 0) is 9.53 Å². The summed E-state index contributed by atoms with van der Waals surface area (Å²) in [7, 11) is 0. The number of hydrogen-bond donors (Lipinski definition) is 1. The van der Waals surface area contributed by atoms with Crippen molar-refractivity contribution in [3.05, 3.63) is 0 Å². The molecule has 1 rings (SSSR count). The molecule has 2 N–H and O–H groups in total. The van der Waals surface area contributed by atoms with Gasteiger partial charge in [-0.3, -0.25) is 4.79 Å². The van der Waals surface area contributed by atoms with Crippen LogP contribution in [0.5, 0.6) is 0 Å². The van der Waals surface area contributed by atoms with Gasteiger partial charge in [-0.2, -0.15) is 0 Å². The van der Waals surface area contributed by atoms with Crippen LogP contribution in [0.4, 0.5) is 0 Å². The van der Waals surface area contributed by atoms with E-state index in [4.69, 9.17) is 10.5 Å². The zero-order chi connectivity index (χ0) is 9.84. The van der Waals surface area contributed by atoms with E-state index >= 15 is 0 Å². The number of esters is 1. The molecule has 1 saturated carbocycles. The van der Waals surface area contributed by atoms with Crippen molar-refractivity contribution < 1.29 is 9.53 Å². The molecule has 2 unspecified atom stereocenters. The molecule has 1 fully saturated rings. The molecule has 1 aliphatic rings. The first-order chi connectivity index (χ1) is 6.15. The van der Waals surface area contributed by atoms with Gasteiger partial charge in [-0.05, 0) is 32.1 Å². The largest absolute Gasteiger partial charge is 0.466 e. The Balaban J connectivity index is 2.45. The lowest BCUT2D eigenvalue weighted by Crippen LogP contribution is -2.36. The van der Waals surface area contributed by atoms with E-state index in [1.54, 1.807) is 0 Å². The zero-order valence-corrected chi connectivity index (χ0v) is 8.45. The summed E-state index contributed by atoms with van der Waals surface area (Å²) in [6, 6.07) is 0.278. The molecule has 3 atom stereocenters. The average molecular weight is 185 g/mol. The summed E-state index contributed by atoms with van der Waals surface area (Å²) in [6.45, 7) is 4.41. The third kappa shape index (κ3) is 2.69. The molecule has 0 heterocycles. The summed E-state index contributed by atoms with van der Waals surface area (Å²) in [5.74, 6) is 0.421. The van der Waals surface area contributed by atoms with Gasteiger partial charge in [-0.15, -0.1) is 0 Å². The Morgan fingerprint density at radius 1 is 1.54 bits per heavy atom. The van der Waals surface area contributed by atoms with Gasteiger partial charge >= 0.3 is 5.97 Å². The molecule has 3 nitrogen and oxygen atoms in total. The number of hydrogen-bond acceptors (Lipinski definition) is 3. The number of carbonyl (C=O) groups is 1. The van der Waals surface area contributed by atoms with Crippen molar-refractivity contribution in [3.8, 4) is 0 Å². The van der Waals surface area contributed by atoms with Crippen molar-refractivity contribution in [2.24, 2.45) is 17.6 Å². The molecule has 0 spiro atoms. The van der Waals surface area contributed by atoms with Crippen LogP contribution in [0.1, 0.15) is 33.1 Å². The second-order valence-corrected chi connectivity index (χ2v) is 3.91. The Labute approximate surface area is 79.6 Å². The van der Waals surface area contributed by atoms with Crippen LogP contribution in [0.25, 0.3) is 0 Å². The number of ether oxygens (including phenoxy) is 1. The Kier molecular flexibility index (Phi) is 3.72. The average Bonchev–Trinajstić information content (AvgIpc) is 2.04. The number of carbonyl (C=O) groups excluding carboxylic acids is 1. The van der Waals surface area contributed by atoms with Gasteiger partial charge in [-0.1, -0.05) is 6.92 Å². The fraction of sp³-hybridized carbons (Fsp3) is 0.900. The van der Waals surface area contributed by atoms with E-state index < -0.39 is 0 Å². The predicted octanol–water partition coefficient (Wildman–Crippen LogP) is 1.31. The first kappa shape index (κ1) is 10.5. The van der Waals surface area contributed by atoms with E-state index in [-0.39, 0.29) is 17.9 Å². The van der Waals surface area contributed by atoms with Crippen molar-refractivity contribution >= 4 is 5.97 Å². The van der Waals surface area contributed by atoms with E-state index in [0.717, 1.165) is 19.3 Å². The lowest BCUT2D eigenvalue weighted by Gasteiger charge is -2.30. The maximum Gasteiger partial charge on any atom is 0.309 e. The molecule has 3 heteroatoms. The molecule has 1 aliphatic carbocycles. The van der Waals surface area contributed by atoms with E-state index in [0.29, 0.717) is 12.5 Å². The Hall–Kier alpha value is -0.570. The maximum atomic E-state index is 11.5. The monoisotopic (exact) mass is 185 g/mol. The lowest BCUT2D eigenvalue weighted by molar-refractivity contribution is -0.151. The summed E-state index contributed by atoms with van der Waals surface area (Å²) in [4.78, 5) is 11.5. The molecule has 0 aromatic heterocycles. The van der Waals surface area contributed by atoms with Crippen LogP contribution in [0.15, 0.2) is 0 Å². The third-order valence-corrected chi connectivity index (χ3v) is 2.80. The lowest BCUT2D eigenvalue weighted by atomic mass is 9.78. The van der Waals surface area contributed by atoms with Crippen LogP contribution >= 0.6 is 0 Å². The molecule has 0 bridgehead atoms. The van der Waals surface area contributed by atoms with Gasteiger partial charge in [0.1, 0.15) is 0 Å². The van der Waals surface area contributed by atoms with Crippen molar-refractivity contribution in [2.45, 2.75) is 39.2 Å². The van der Waals surface area contributed by atoms with Gasteiger partial charge in [0.05, 0.1) is 12.5 Å². The molecule has 76 valence electrons. The number of nitrogens with two attached hydrogens (primary N) is 1. The Bertz CT molecular complexity index is 182. The normalized spacial score (nSPS) is 34.2. The first-order valence-corrected chi connectivity index (χ1v) is 5.07. The predicted molar refractivity (Wildman–Crippen MR) is 51.1 cm³/mol. The summed E-state index contributed by atoms with van der Waals surface area (Å²) in [5, 5.41) is 0. The Morgan fingerprint density at radius 2 is 2.23 bits per heavy atom. The quantitative estimate of drug-likeness (QED) is 0.660. The van der Waals surface area contributed by atoms with Crippen molar-refractivity contribution in [1.82, 2.24) is 0 Å². The molecule has 0 amide bonds. The SMILES string of the molecule is CCOC(=O)C1CCC(N)C[C@H]1C. The van der Waals surface area contributed by atoms with Gasteiger partial charge in [0.15, 0.2) is 0 Å². The fourth-order valence-corrected chi connectivity index (χ4v) is 2.04. The van der Waals surface area contributed by atoms with Crippen LogP contribution in [-0.4, -0.2) is 18.6 Å². The molecule has 0 radical (unpaired) electrons. The molecule has 0 aromatic rings. The summed E-state index contributed by atoms with van der Waals surface area (Å²) >= 11 is 0. The van der Waals surface area contributed by atoms with Gasteiger partial charge in [0.2, 0.25) is 0 Å². The van der Waals surface area contributed by atoms with Crippen molar-refractivity contribution in [3.63, 3.8) is 0 Å². The van der Waals surface area contributed by atoms with Gasteiger partial charge in [-0.25, -0.2) is 0 Å². The second kappa shape index (κ2) is 4.61. The van der Waals surface area contributed by atoms with Gasteiger partial charge in [0.25, 0.3) is 0 Å². The number of rotatable bonds is 2. The summed E-state index contributed by atoms with van der Waals surface area (Å²) in [5.41, 5.74) is 5.81. The summed E-state index contributed by atoms with van der Waals surface area (Å²) in [6.07, 6.45) is 2.79. The van der Waals surface area contributed by atoms with Crippen LogP contribution in [0, 0.1) is 11.8 Å². The van der Waals surface area contributed by atoms with Crippen LogP contribution < -0.4 is 5.73 Å². The smallest absolute Gasteiger partial charge is 0.309 e. The highest BCUT2D eigenvalue weighted by atomic mass is 16.5. The fourth-order valence-electron chi connectivity index (χ4n) is 2.04. The molecular weight excluding hydrogens is 166 g/mol. The van der Waals surface area contributed by atoms with E-state index in [9.17, 15) is 4.79 Å². The molecule has 0 saturated heterocycles. The topological polar surface area (TPSA) is 52.3 Å². The minimum Gasteiger partial charge on any atom is -0.466 e.